The Morgan fingerprint density at radius 3 is 2.63 bits per heavy atom. The Morgan fingerprint density at radius 2 is 1.93 bits per heavy atom. The maximum absolute atomic E-state index is 11.4. The summed E-state index contributed by atoms with van der Waals surface area (Å²) in [4.78, 5) is 20.4. The van der Waals surface area contributed by atoms with E-state index in [1.165, 1.54) is 11.4 Å². The molecule has 1 aromatic heterocycles. The number of carbonyl (C=O) groups is 1. The molecule has 2 heterocycles. The molecule has 30 heavy (non-hydrogen) atoms. The van der Waals surface area contributed by atoms with Crippen molar-refractivity contribution in [2.45, 2.75) is 32.2 Å². The second-order valence-electron chi connectivity index (χ2n) is 7.27. The number of hydrogen-bond donors (Lipinski definition) is 0. The summed E-state index contributed by atoms with van der Waals surface area (Å²) >= 11 is 0. The fourth-order valence-corrected chi connectivity index (χ4v) is 3.75. The van der Waals surface area contributed by atoms with Crippen molar-refractivity contribution in [3.8, 4) is 5.75 Å². The van der Waals surface area contributed by atoms with Crippen LogP contribution in [0.3, 0.4) is 0 Å². The maximum Gasteiger partial charge on any atom is 0.305 e. The second-order valence-corrected chi connectivity index (χ2v) is 7.27. The van der Waals surface area contributed by atoms with E-state index >= 15 is 0 Å². The Labute approximate surface area is 179 Å². The molecule has 0 saturated carbocycles. The molecular formula is C24H31N3O3. The molecule has 0 radical (unpaired) electrons. The number of piperazine rings is 1. The third-order valence-electron chi connectivity index (χ3n) is 5.22. The van der Waals surface area contributed by atoms with Crippen molar-refractivity contribution in [3.63, 3.8) is 0 Å². The third-order valence-corrected chi connectivity index (χ3v) is 5.22. The number of nitrogens with zero attached hydrogens (tertiary/aromatic N) is 3. The number of esters is 1. The number of aromatic nitrogens is 1. The van der Waals surface area contributed by atoms with E-state index in [4.69, 9.17) is 9.47 Å². The lowest BCUT2D eigenvalue weighted by Gasteiger charge is -2.43. The van der Waals surface area contributed by atoms with E-state index < -0.39 is 0 Å². The monoisotopic (exact) mass is 409 g/mol. The normalized spacial score (nSPS) is 16.2. The lowest BCUT2D eigenvalue weighted by atomic mass is 10.1. The summed E-state index contributed by atoms with van der Waals surface area (Å²) in [6.07, 6.45) is 7.64. The first-order valence-electron chi connectivity index (χ1n) is 10.6. The van der Waals surface area contributed by atoms with Crippen molar-refractivity contribution in [1.29, 1.82) is 0 Å². The molecule has 3 rings (SSSR count). The average molecular weight is 410 g/mol. The van der Waals surface area contributed by atoms with Crippen LogP contribution in [0.1, 0.15) is 26.2 Å². The number of rotatable bonds is 10. The van der Waals surface area contributed by atoms with E-state index in [9.17, 15) is 4.79 Å². The van der Waals surface area contributed by atoms with Gasteiger partial charge >= 0.3 is 5.97 Å². The van der Waals surface area contributed by atoms with Gasteiger partial charge in [0.2, 0.25) is 0 Å². The van der Waals surface area contributed by atoms with Crippen LogP contribution in [0.25, 0.3) is 0 Å². The Bertz CT molecular complexity index is 795. The zero-order valence-electron chi connectivity index (χ0n) is 17.7. The van der Waals surface area contributed by atoms with Crippen LogP contribution in [-0.4, -0.2) is 49.8 Å². The highest BCUT2D eigenvalue weighted by Gasteiger charge is 2.26. The lowest BCUT2D eigenvalue weighted by Crippen LogP contribution is -2.53. The third kappa shape index (κ3) is 5.99. The van der Waals surface area contributed by atoms with Gasteiger partial charge in [0, 0.05) is 55.9 Å². The van der Waals surface area contributed by atoms with Gasteiger partial charge in [0.15, 0.2) is 0 Å². The minimum absolute atomic E-state index is 0.171. The Hall–Kier alpha value is -3.02. The van der Waals surface area contributed by atoms with Gasteiger partial charge in [0.25, 0.3) is 0 Å². The first-order valence-corrected chi connectivity index (χ1v) is 10.6. The molecule has 0 bridgehead atoms. The largest absolute Gasteiger partial charge is 0.494 e. The summed E-state index contributed by atoms with van der Waals surface area (Å²) in [7, 11) is 0. The molecule has 0 aliphatic carbocycles. The SMILES string of the molecule is C=CCC1CN(c2ccncc2)CCN1c1ccc(OCCCC(=O)OCC)cc1. The van der Waals surface area contributed by atoms with Gasteiger partial charge in [-0.1, -0.05) is 6.08 Å². The zero-order chi connectivity index (χ0) is 21.2. The van der Waals surface area contributed by atoms with E-state index in [-0.39, 0.29) is 5.97 Å². The Balaban J connectivity index is 1.55. The molecular weight excluding hydrogens is 378 g/mol. The summed E-state index contributed by atoms with van der Waals surface area (Å²) in [6.45, 7) is 9.54. The summed E-state index contributed by atoms with van der Waals surface area (Å²) in [6, 6.07) is 12.7. The second kappa shape index (κ2) is 11.2. The van der Waals surface area contributed by atoms with Crippen LogP contribution in [0.2, 0.25) is 0 Å². The van der Waals surface area contributed by atoms with Gasteiger partial charge < -0.3 is 19.3 Å². The van der Waals surface area contributed by atoms with Crippen molar-refractivity contribution in [1.82, 2.24) is 4.98 Å². The van der Waals surface area contributed by atoms with Crippen LogP contribution in [0.5, 0.6) is 5.75 Å². The van der Waals surface area contributed by atoms with E-state index in [1.54, 1.807) is 0 Å². The van der Waals surface area contributed by atoms with Gasteiger partial charge in [0.05, 0.1) is 13.2 Å². The average Bonchev–Trinajstić information content (AvgIpc) is 2.78. The maximum atomic E-state index is 11.4. The highest BCUT2D eigenvalue weighted by molar-refractivity contribution is 5.69. The van der Waals surface area contributed by atoms with Crippen molar-refractivity contribution >= 4 is 17.3 Å². The number of anilines is 2. The van der Waals surface area contributed by atoms with Crippen LogP contribution in [0, 0.1) is 0 Å². The van der Waals surface area contributed by atoms with Crippen molar-refractivity contribution < 1.29 is 14.3 Å². The molecule has 1 unspecified atom stereocenters. The number of pyridine rings is 1. The molecule has 6 nitrogen and oxygen atoms in total. The highest BCUT2D eigenvalue weighted by atomic mass is 16.5. The first kappa shape index (κ1) is 21.7. The summed E-state index contributed by atoms with van der Waals surface area (Å²) in [5.41, 5.74) is 2.40. The number of ether oxygens (including phenoxy) is 2. The summed E-state index contributed by atoms with van der Waals surface area (Å²) in [5, 5.41) is 0. The highest BCUT2D eigenvalue weighted by Crippen LogP contribution is 2.27. The molecule has 1 saturated heterocycles. The summed E-state index contributed by atoms with van der Waals surface area (Å²) in [5.74, 6) is 0.647. The van der Waals surface area contributed by atoms with Crippen LogP contribution in [-0.2, 0) is 9.53 Å². The molecule has 1 aliphatic rings. The van der Waals surface area contributed by atoms with Gasteiger partial charge in [-0.05, 0) is 56.2 Å². The van der Waals surface area contributed by atoms with E-state index in [2.05, 4.69) is 45.6 Å². The van der Waals surface area contributed by atoms with Gasteiger partial charge in [-0.25, -0.2) is 0 Å². The number of benzene rings is 1. The standard InChI is InChI=1S/C24H31N3O3/c1-3-6-22-19-26(20-12-14-25-15-13-20)16-17-27(22)21-8-10-23(11-9-21)30-18-5-7-24(28)29-4-2/h3,8-15,22H,1,4-7,16-19H2,2H3. The van der Waals surface area contributed by atoms with Crippen molar-refractivity contribution in [2.24, 2.45) is 0 Å². The van der Waals surface area contributed by atoms with Crippen molar-refractivity contribution in [3.05, 3.63) is 61.4 Å². The Morgan fingerprint density at radius 1 is 1.17 bits per heavy atom. The molecule has 1 atom stereocenters. The fraction of sp³-hybridized carbons (Fsp3) is 0.417. The Kier molecular flexibility index (Phi) is 8.12. The molecule has 6 heteroatoms. The van der Waals surface area contributed by atoms with Gasteiger partial charge in [0.1, 0.15) is 5.75 Å². The molecule has 0 spiro atoms. The number of carbonyl (C=O) groups excluding carboxylic acids is 1. The zero-order valence-corrected chi connectivity index (χ0v) is 17.7. The van der Waals surface area contributed by atoms with Gasteiger partial charge in [-0.15, -0.1) is 6.58 Å². The predicted molar refractivity (Wildman–Crippen MR) is 120 cm³/mol. The number of hydrogen-bond acceptors (Lipinski definition) is 6. The van der Waals surface area contributed by atoms with E-state index in [1.807, 2.05) is 37.5 Å². The quantitative estimate of drug-likeness (QED) is 0.335. The molecule has 1 aromatic carbocycles. The van der Waals surface area contributed by atoms with Gasteiger partial charge in [-0.3, -0.25) is 9.78 Å². The minimum atomic E-state index is -0.171. The molecule has 0 amide bonds. The smallest absolute Gasteiger partial charge is 0.305 e. The van der Waals surface area contributed by atoms with Crippen molar-refractivity contribution in [2.75, 3.05) is 42.6 Å². The molecule has 160 valence electrons. The predicted octanol–water partition coefficient (Wildman–Crippen LogP) is 4.08. The van der Waals surface area contributed by atoms with E-state index in [0.717, 1.165) is 31.8 Å². The van der Waals surface area contributed by atoms with Crippen LogP contribution in [0.4, 0.5) is 11.4 Å². The molecule has 1 fully saturated rings. The fourth-order valence-electron chi connectivity index (χ4n) is 3.75. The molecule has 2 aromatic rings. The van der Waals surface area contributed by atoms with E-state index in [0.29, 0.717) is 32.1 Å². The first-order chi connectivity index (χ1) is 14.7. The minimum Gasteiger partial charge on any atom is -0.494 e. The van der Waals surface area contributed by atoms with Crippen LogP contribution < -0.4 is 14.5 Å². The molecule has 0 N–H and O–H groups in total. The lowest BCUT2D eigenvalue weighted by molar-refractivity contribution is -0.143. The van der Waals surface area contributed by atoms with Crippen LogP contribution >= 0.6 is 0 Å². The van der Waals surface area contributed by atoms with Gasteiger partial charge in [-0.2, -0.15) is 0 Å². The van der Waals surface area contributed by atoms with Crippen LogP contribution in [0.15, 0.2) is 61.4 Å². The molecule has 1 aliphatic heterocycles. The topological polar surface area (TPSA) is 54.9 Å². The summed E-state index contributed by atoms with van der Waals surface area (Å²) < 4.78 is 10.7.